The number of benzene rings is 2. The third-order valence-corrected chi connectivity index (χ3v) is 7.53. The van der Waals surface area contributed by atoms with Crippen molar-refractivity contribution in [2.24, 2.45) is 4.99 Å². The van der Waals surface area contributed by atoms with E-state index in [-0.39, 0.29) is 12.2 Å². The number of carbonyl (C=O) groups is 1. The van der Waals surface area contributed by atoms with Crippen LogP contribution in [0.15, 0.2) is 63.5 Å². The van der Waals surface area contributed by atoms with Crippen LogP contribution in [-0.4, -0.2) is 37.3 Å². The van der Waals surface area contributed by atoms with Gasteiger partial charge in [0.1, 0.15) is 5.75 Å². The molecule has 0 amide bonds. The Morgan fingerprint density at radius 3 is 2.43 bits per heavy atom. The highest BCUT2D eigenvalue weighted by Crippen LogP contribution is 2.31. The lowest BCUT2D eigenvalue weighted by Crippen LogP contribution is -2.39. The zero-order chi connectivity index (χ0) is 26.7. The predicted octanol–water partition coefficient (Wildman–Crippen LogP) is 3.96. The summed E-state index contributed by atoms with van der Waals surface area (Å²) in [5, 5.41) is 0. The molecule has 0 N–H and O–H groups in total. The van der Waals surface area contributed by atoms with Gasteiger partial charge in [-0.15, -0.1) is 0 Å². The molecule has 0 radical (unpaired) electrons. The van der Waals surface area contributed by atoms with Gasteiger partial charge in [0.2, 0.25) is 0 Å². The number of nitrogens with zero attached hydrogens (tertiary/aromatic N) is 3. The fraction of sp³-hybridized carbons (Fsp3) is 0.345. The highest BCUT2D eigenvalue weighted by Gasteiger charge is 2.33. The molecule has 7 nitrogen and oxygen atoms in total. The van der Waals surface area contributed by atoms with Crippen LogP contribution in [0.1, 0.15) is 50.4 Å². The molecule has 0 unspecified atom stereocenters. The van der Waals surface area contributed by atoms with Crippen molar-refractivity contribution < 1.29 is 14.3 Å². The monoisotopic (exact) mass is 519 g/mol. The average Bonchev–Trinajstić information content (AvgIpc) is 3.19. The Morgan fingerprint density at radius 2 is 1.81 bits per heavy atom. The second kappa shape index (κ2) is 11.2. The highest BCUT2D eigenvalue weighted by molar-refractivity contribution is 7.07. The van der Waals surface area contributed by atoms with Crippen LogP contribution < -0.4 is 24.5 Å². The molecule has 37 heavy (non-hydrogen) atoms. The van der Waals surface area contributed by atoms with E-state index >= 15 is 0 Å². The summed E-state index contributed by atoms with van der Waals surface area (Å²) in [4.78, 5) is 34.3. The number of thiazole rings is 1. The smallest absolute Gasteiger partial charge is 0.338 e. The van der Waals surface area contributed by atoms with Crippen molar-refractivity contribution in [2.75, 3.05) is 31.7 Å². The molecular weight excluding hydrogens is 486 g/mol. The first-order valence-electron chi connectivity index (χ1n) is 12.5. The van der Waals surface area contributed by atoms with Crippen LogP contribution in [0.2, 0.25) is 0 Å². The molecular formula is C29H33N3O4S. The number of ether oxygens (including phenoxy) is 2. The summed E-state index contributed by atoms with van der Waals surface area (Å²) in [6, 6.07) is 13.2. The van der Waals surface area contributed by atoms with Gasteiger partial charge in [-0.3, -0.25) is 9.36 Å². The maximum atomic E-state index is 13.8. The lowest BCUT2D eigenvalue weighted by atomic mass is 9.95. The maximum absolute atomic E-state index is 13.8. The number of methoxy groups -OCH3 is 1. The molecule has 1 aliphatic heterocycles. The van der Waals surface area contributed by atoms with Crippen molar-refractivity contribution in [2.45, 2.75) is 40.7 Å². The third kappa shape index (κ3) is 5.11. The number of aromatic nitrogens is 1. The van der Waals surface area contributed by atoms with Gasteiger partial charge in [0.25, 0.3) is 5.56 Å². The molecule has 1 aromatic heterocycles. The zero-order valence-electron chi connectivity index (χ0n) is 22.2. The number of hydrogen-bond donors (Lipinski definition) is 0. The fourth-order valence-corrected chi connectivity index (χ4v) is 5.64. The first-order chi connectivity index (χ1) is 17.8. The number of aryl methyl sites for hydroxylation is 1. The predicted molar refractivity (Wildman–Crippen MR) is 148 cm³/mol. The second-order valence-electron chi connectivity index (χ2n) is 8.81. The Morgan fingerprint density at radius 1 is 1.11 bits per heavy atom. The van der Waals surface area contributed by atoms with E-state index in [0.29, 0.717) is 26.4 Å². The molecule has 0 saturated carbocycles. The zero-order valence-corrected chi connectivity index (χ0v) is 23.0. The highest BCUT2D eigenvalue weighted by atomic mass is 32.1. The molecule has 0 fully saturated rings. The summed E-state index contributed by atoms with van der Waals surface area (Å²) in [7, 11) is 1.63. The number of rotatable bonds is 8. The van der Waals surface area contributed by atoms with Gasteiger partial charge in [0, 0.05) is 30.4 Å². The molecule has 0 bridgehead atoms. The number of carbonyl (C=O) groups excluding carboxylic acids is 1. The summed E-state index contributed by atoms with van der Waals surface area (Å²) < 4.78 is 13.2. The maximum Gasteiger partial charge on any atom is 0.338 e. The van der Waals surface area contributed by atoms with Crippen molar-refractivity contribution in [3.8, 4) is 5.75 Å². The van der Waals surface area contributed by atoms with Gasteiger partial charge in [0.15, 0.2) is 4.80 Å². The van der Waals surface area contributed by atoms with E-state index in [1.165, 1.54) is 11.3 Å². The topological polar surface area (TPSA) is 73.1 Å². The molecule has 4 rings (SSSR count). The van der Waals surface area contributed by atoms with Gasteiger partial charge in [0.05, 0.1) is 35.6 Å². The van der Waals surface area contributed by atoms with E-state index in [0.717, 1.165) is 35.5 Å². The molecule has 1 atom stereocenters. The minimum Gasteiger partial charge on any atom is -0.496 e. The van der Waals surface area contributed by atoms with Crippen LogP contribution in [0.4, 0.5) is 5.69 Å². The van der Waals surface area contributed by atoms with Crippen molar-refractivity contribution in [1.29, 1.82) is 0 Å². The molecule has 194 valence electrons. The van der Waals surface area contributed by atoms with Gasteiger partial charge in [-0.25, -0.2) is 9.79 Å². The minimum absolute atomic E-state index is 0.210. The van der Waals surface area contributed by atoms with E-state index in [1.807, 2.05) is 55.5 Å². The molecule has 0 aliphatic carbocycles. The summed E-state index contributed by atoms with van der Waals surface area (Å²) in [5.41, 5.74) is 4.51. The van der Waals surface area contributed by atoms with Gasteiger partial charge < -0.3 is 14.4 Å². The van der Waals surface area contributed by atoms with E-state index in [2.05, 4.69) is 23.7 Å². The standard InChI is InChI=1S/C29H33N3O4S/c1-7-31(8-2)22-15-14-21(23(17-22)35-6)16-24-27(33)32-26(20-12-10-18(4)11-13-20)25(28(34)36-9-3)19(5)30-29(32)37-24/h10-17,26H,7-9H2,1-6H3/b24-16-/t26-/m0/s1. The van der Waals surface area contributed by atoms with E-state index in [9.17, 15) is 9.59 Å². The molecule has 3 aromatic rings. The Kier molecular flexibility index (Phi) is 7.97. The van der Waals surface area contributed by atoms with Crippen LogP contribution in [0.25, 0.3) is 6.08 Å². The molecule has 2 heterocycles. The van der Waals surface area contributed by atoms with Crippen molar-refractivity contribution in [3.63, 3.8) is 0 Å². The van der Waals surface area contributed by atoms with E-state index in [4.69, 9.17) is 9.47 Å². The van der Waals surface area contributed by atoms with E-state index < -0.39 is 12.0 Å². The van der Waals surface area contributed by atoms with Gasteiger partial charge in [-0.2, -0.15) is 0 Å². The normalized spacial score (nSPS) is 15.3. The van der Waals surface area contributed by atoms with Gasteiger partial charge in [-0.05, 0) is 58.4 Å². The van der Waals surface area contributed by atoms with Crippen molar-refractivity contribution >= 4 is 29.1 Å². The number of anilines is 1. The molecule has 0 saturated heterocycles. The summed E-state index contributed by atoms with van der Waals surface area (Å²) in [6.07, 6.45) is 1.84. The molecule has 1 aliphatic rings. The van der Waals surface area contributed by atoms with Gasteiger partial charge >= 0.3 is 5.97 Å². The summed E-state index contributed by atoms with van der Waals surface area (Å²) in [6.45, 7) is 11.8. The average molecular weight is 520 g/mol. The lowest BCUT2D eigenvalue weighted by molar-refractivity contribution is -0.139. The molecule has 2 aromatic carbocycles. The van der Waals surface area contributed by atoms with Crippen LogP contribution in [0, 0.1) is 6.92 Å². The van der Waals surface area contributed by atoms with Crippen LogP contribution in [0.3, 0.4) is 0 Å². The SMILES string of the molecule is CCOC(=O)C1=C(C)N=c2s/c(=C\c3ccc(N(CC)CC)cc3OC)c(=O)n2[C@H]1c1ccc(C)cc1. The van der Waals surface area contributed by atoms with Crippen molar-refractivity contribution in [1.82, 2.24) is 4.57 Å². The number of allylic oxidation sites excluding steroid dienone is 1. The number of hydrogen-bond acceptors (Lipinski definition) is 7. The van der Waals surface area contributed by atoms with Crippen LogP contribution in [-0.2, 0) is 9.53 Å². The van der Waals surface area contributed by atoms with Gasteiger partial charge in [-0.1, -0.05) is 41.2 Å². The third-order valence-electron chi connectivity index (χ3n) is 6.54. The largest absolute Gasteiger partial charge is 0.496 e. The minimum atomic E-state index is -0.620. The Hall–Kier alpha value is -3.65. The van der Waals surface area contributed by atoms with Crippen molar-refractivity contribution in [3.05, 3.63) is 90.1 Å². The summed E-state index contributed by atoms with van der Waals surface area (Å²) >= 11 is 1.30. The van der Waals surface area contributed by atoms with E-state index in [1.54, 1.807) is 25.5 Å². The first kappa shape index (κ1) is 26.4. The molecule has 0 spiro atoms. The second-order valence-corrected chi connectivity index (χ2v) is 9.82. The Balaban J connectivity index is 1.90. The summed E-state index contributed by atoms with van der Waals surface area (Å²) in [5.74, 6) is 0.228. The quantitative estimate of drug-likeness (QED) is 0.421. The first-order valence-corrected chi connectivity index (χ1v) is 13.3. The number of fused-ring (bicyclic) bond motifs is 1. The van der Waals surface area contributed by atoms with Crippen LogP contribution in [0.5, 0.6) is 5.75 Å². The Labute approximate surface area is 221 Å². The molecule has 8 heteroatoms. The fourth-order valence-electron chi connectivity index (χ4n) is 4.60. The lowest BCUT2D eigenvalue weighted by Gasteiger charge is -2.24. The Bertz CT molecular complexity index is 1510. The van der Waals surface area contributed by atoms with Crippen LogP contribution >= 0.6 is 11.3 Å². The number of esters is 1.